The van der Waals surface area contributed by atoms with Crippen molar-refractivity contribution in [2.75, 3.05) is 32.5 Å². The van der Waals surface area contributed by atoms with Crippen molar-refractivity contribution in [1.29, 1.82) is 0 Å². The van der Waals surface area contributed by atoms with Crippen molar-refractivity contribution < 1.29 is 17.9 Å². The van der Waals surface area contributed by atoms with E-state index in [0.29, 0.717) is 24.0 Å². The molecule has 1 aliphatic carbocycles. The summed E-state index contributed by atoms with van der Waals surface area (Å²) in [6.45, 7) is 6.27. The molecule has 0 radical (unpaired) electrons. The van der Waals surface area contributed by atoms with Gasteiger partial charge in [-0.15, -0.1) is 0 Å². The summed E-state index contributed by atoms with van der Waals surface area (Å²) < 4.78 is 30.1. The predicted molar refractivity (Wildman–Crippen MR) is 136 cm³/mol. The Kier molecular flexibility index (Phi) is 9.50. The number of ether oxygens (including phenoxy) is 1. The highest BCUT2D eigenvalue weighted by Crippen LogP contribution is 2.38. The van der Waals surface area contributed by atoms with E-state index in [0.717, 1.165) is 31.4 Å². The van der Waals surface area contributed by atoms with Crippen molar-refractivity contribution in [3.8, 4) is 5.75 Å². The Morgan fingerprint density at radius 1 is 1.12 bits per heavy atom. The summed E-state index contributed by atoms with van der Waals surface area (Å²) in [6, 6.07) is 16.4. The summed E-state index contributed by atoms with van der Waals surface area (Å²) in [7, 11) is -3.24. The van der Waals surface area contributed by atoms with Gasteiger partial charge in [-0.05, 0) is 86.9 Å². The third-order valence-electron chi connectivity index (χ3n) is 6.34. The second kappa shape index (κ2) is 12.3. The minimum atomic E-state index is -3.24. The molecule has 186 valence electrons. The van der Waals surface area contributed by atoms with E-state index in [4.69, 9.17) is 4.74 Å². The Morgan fingerprint density at radius 3 is 2.59 bits per heavy atom. The standard InChI is InChI=1S/C26H37N3O4S/c1-4-33-25-7-5-6-23(17-25)19(2)28-18-20-8-9-24(16-20)21-10-12-22(13-11-21)26(30)27-14-15-29-34(3,31)32/h5-7,10-13,17,19-20,24,28-29H,4,8-9,14-16,18H2,1-3H3,(H,27,30)/t19-,20?,24+/m1/s1. The molecule has 0 saturated heterocycles. The van der Waals surface area contributed by atoms with Gasteiger partial charge in [0.2, 0.25) is 10.0 Å². The fourth-order valence-electron chi connectivity index (χ4n) is 4.49. The van der Waals surface area contributed by atoms with Crippen LogP contribution in [0.1, 0.15) is 66.6 Å². The maximum atomic E-state index is 12.3. The number of sulfonamides is 1. The van der Waals surface area contributed by atoms with Crippen LogP contribution in [0.25, 0.3) is 0 Å². The van der Waals surface area contributed by atoms with Crippen molar-refractivity contribution in [2.45, 2.75) is 45.1 Å². The Morgan fingerprint density at radius 2 is 1.88 bits per heavy atom. The average Bonchev–Trinajstić information content (AvgIpc) is 3.29. The third-order valence-corrected chi connectivity index (χ3v) is 7.07. The number of amides is 1. The van der Waals surface area contributed by atoms with Gasteiger partial charge < -0.3 is 15.4 Å². The third kappa shape index (κ3) is 8.11. The summed E-state index contributed by atoms with van der Waals surface area (Å²) in [5.74, 6) is 1.86. The number of carbonyl (C=O) groups is 1. The topological polar surface area (TPSA) is 96.5 Å². The Labute approximate surface area is 203 Å². The predicted octanol–water partition coefficient (Wildman–Crippen LogP) is 3.60. The van der Waals surface area contributed by atoms with Gasteiger partial charge in [0.15, 0.2) is 0 Å². The van der Waals surface area contributed by atoms with E-state index in [9.17, 15) is 13.2 Å². The lowest BCUT2D eigenvalue weighted by Crippen LogP contribution is -2.34. The molecule has 0 bridgehead atoms. The monoisotopic (exact) mass is 487 g/mol. The fraction of sp³-hybridized carbons (Fsp3) is 0.500. The number of hydrogen-bond donors (Lipinski definition) is 3. The smallest absolute Gasteiger partial charge is 0.251 e. The molecular formula is C26H37N3O4S. The van der Waals surface area contributed by atoms with Crippen LogP contribution in [0.5, 0.6) is 5.75 Å². The minimum absolute atomic E-state index is 0.177. The zero-order chi connectivity index (χ0) is 24.6. The molecule has 0 aliphatic heterocycles. The molecule has 3 rings (SSSR count). The van der Waals surface area contributed by atoms with Crippen LogP contribution in [0.3, 0.4) is 0 Å². The normalized spacial score (nSPS) is 19.0. The summed E-state index contributed by atoms with van der Waals surface area (Å²) >= 11 is 0. The Hall–Kier alpha value is -2.42. The molecule has 3 N–H and O–H groups in total. The van der Waals surface area contributed by atoms with Crippen LogP contribution in [0, 0.1) is 5.92 Å². The number of hydrogen-bond acceptors (Lipinski definition) is 5. The van der Waals surface area contributed by atoms with Crippen LogP contribution in [-0.2, 0) is 10.0 Å². The zero-order valence-corrected chi connectivity index (χ0v) is 21.2. The Balaban J connectivity index is 1.44. The molecule has 0 aromatic heterocycles. The van der Waals surface area contributed by atoms with E-state index in [1.165, 1.54) is 17.5 Å². The average molecular weight is 488 g/mol. The van der Waals surface area contributed by atoms with Gasteiger partial charge in [-0.25, -0.2) is 13.1 Å². The van der Waals surface area contributed by atoms with Crippen molar-refractivity contribution >= 4 is 15.9 Å². The number of nitrogens with one attached hydrogen (secondary N) is 3. The fourth-order valence-corrected chi connectivity index (χ4v) is 4.96. The van der Waals surface area contributed by atoms with E-state index in [2.05, 4.69) is 34.4 Å². The highest BCUT2D eigenvalue weighted by molar-refractivity contribution is 7.88. The number of benzene rings is 2. The number of rotatable bonds is 12. The molecule has 34 heavy (non-hydrogen) atoms. The molecule has 2 aromatic rings. The molecule has 0 heterocycles. The van der Waals surface area contributed by atoms with E-state index in [1.807, 2.05) is 43.3 Å². The SMILES string of the molecule is CCOc1cccc([C@@H](C)NCC2CC[C@H](c3ccc(C(=O)NCCNS(C)(=O)=O)cc3)C2)c1. The summed E-state index contributed by atoms with van der Waals surface area (Å²) in [6.07, 6.45) is 4.59. The zero-order valence-electron chi connectivity index (χ0n) is 20.3. The molecule has 1 fully saturated rings. The molecule has 7 nitrogen and oxygen atoms in total. The van der Waals surface area contributed by atoms with Crippen molar-refractivity contribution in [3.63, 3.8) is 0 Å². The maximum Gasteiger partial charge on any atom is 0.251 e. The van der Waals surface area contributed by atoms with Gasteiger partial charge in [0.1, 0.15) is 5.75 Å². The lowest BCUT2D eigenvalue weighted by atomic mass is 9.95. The molecule has 1 aliphatic rings. The van der Waals surface area contributed by atoms with Crippen molar-refractivity contribution in [3.05, 3.63) is 65.2 Å². The van der Waals surface area contributed by atoms with E-state index in [-0.39, 0.29) is 25.0 Å². The first kappa shape index (κ1) is 26.2. The maximum absolute atomic E-state index is 12.3. The van der Waals surface area contributed by atoms with Crippen LogP contribution < -0.4 is 20.1 Å². The minimum Gasteiger partial charge on any atom is -0.494 e. The van der Waals surface area contributed by atoms with Crippen LogP contribution in [0.15, 0.2) is 48.5 Å². The first-order valence-electron chi connectivity index (χ1n) is 12.0. The molecule has 1 amide bonds. The quantitative estimate of drug-likeness (QED) is 0.398. The van der Waals surface area contributed by atoms with Crippen LogP contribution >= 0.6 is 0 Å². The second-order valence-electron chi connectivity index (χ2n) is 9.06. The van der Waals surface area contributed by atoms with Gasteiger partial charge in [-0.3, -0.25) is 4.79 Å². The lowest BCUT2D eigenvalue weighted by molar-refractivity contribution is 0.0954. The summed E-state index contributed by atoms with van der Waals surface area (Å²) in [4.78, 5) is 12.3. The van der Waals surface area contributed by atoms with Crippen LogP contribution in [-0.4, -0.2) is 46.8 Å². The lowest BCUT2D eigenvalue weighted by Gasteiger charge is -2.19. The molecular weight excluding hydrogens is 450 g/mol. The van der Waals surface area contributed by atoms with Crippen LogP contribution in [0.2, 0.25) is 0 Å². The highest BCUT2D eigenvalue weighted by atomic mass is 32.2. The van der Waals surface area contributed by atoms with E-state index >= 15 is 0 Å². The van der Waals surface area contributed by atoms with Crippen molar-refractivity contribution in [2.24, 2.45) is 5.92 Å². The summed E-state index contributed by atoms with van der Waals surface area (Å²) in [5.41, 5.74) is 3.10. The van der Waals surface area contributed by atoms with Crippen LogP contribution in [0.4, 0.5) is 0 Å². The first-order chi connectivity index (χ1) is 16.2. The molecule has 1 unspecified atom stereocenters. The van der Waals surface area contributed by atoms with Gasteiger partial charge in [-0.2, -0.15) is 0 Å². The molecule has 2 aromatic carbocycles. The first-order valence-corrected chi connectivity index (χ1v) is 13.9. The second-order valence-corrected chi connectivity index (χ2v) is 10.9. The van der Waals surface area contributed by atoms with Gasteiger partial charge in [0.05, 0.1) is 12.9 Å². The van der Waals surface area contributed by atoms with E-state index < -0.39 is 10.0 Å². The van der Waals surface area contributed by atoms with Gasteiger partial charge in [0.25, 0.3) is 5.91 Å². The van der Waals surface area contributed by atoms with Gasteiger partial charge >= 0.3 is 0 Å². The molecule has 3 atom stereocenters. The van der Waals surface area contributed by atoms with Gasteiger partial charge in [0, 0.05) is 24.7 Å². The van der Waals surface area contributed by atoms with Gasteiger partial charge in [-0.1, -0.05) is 24.3 Å². The Bertz CT molecular complexity index is 1040. The van der Waals surface area contributed by atoms with Crippen molar-refractivity contribution in [1.82, 2.24) is 15.4 Å². The highest BCUT2D eigenvalue weighted by Gasteiger charge is 2.26. The largest absolute Gasteiger partial charge is 0.494 e. The molecule has 8 heteroatoms. The number of carbonyl (C=O) groups excluding carboxylic acids is 1. The summed E-state index contributed by atoms with van der Waals surface area (Å²) in [5, 5.41) is 6.43. The van der Waals surface area contributed by atoms with E-state index in [1.54, 1.807) is 0 Å². The molecule has 0 spiro atoms. The molecule has 1 saturated carbocycles.